The van der Waals surface area contributed by atoms with Crippen molar-refractivity contribution in [1.82, 2.24) is 4.72 Å². The molecule has 0 unspecified atom stereocenters. The highest BCUT2D eigenvalue weighted by molar-refractivity contribution is 7.89. The molecule has 0 saturated heterocycles. The monoisotopic (exact) mass is 315 g/mol. The number of nitrogens with two attached hydrogens (primary N) is 1. The third kappa shape index (κ3) is 4.20. The minimum Gasteiger partial charge on any atom is -0.370 e. The summed E-state index contributed by atoms with van der Waals surface area (Å²) in [6, 6.07) is 5.75. The van der Waals surface area contributed by atoms with Gasteiger partial charge in [0.05, 0.1) is 16.7 Å². The molecule has 3 N–H and O–H groups in total. The summed E-state index contributed by atoms with van der Waals surface area (Å²) in [5.41, 5.74) is 4.18. The lowest BCUT2D eigenvalue weighted by Crippen LogP contribution is -2.45. The summed E-state index contributed by atoms with van der Waals surface area (Å²) in [7, 11) is -3.97. The number of rotatable bonds is 5. The zero-order valence-electron chi connectivity index (χ0n) is 11.0. The van der Waals surface area contributed by atoms with Crippen LogP contribution >= 0.6 is 11.6 Å². The van der Waals surface area contributed by atoms with Crippen LogP contribution in [0.25, 0.3) is 0 Å². The van der Waals surface area contributed by atoms with Gasteiger partial charge in [0.15, 0.2) is 0 Å². The van der Waals surface area contributed by atoms with Crippen LogP contribution in [0.1, 0.15) is 25.8 Å². The molecule has 0 heterocycles. The fourth-order valence-electron chi connectivity index (χ4n) is 1.67. The Labute approximate surface area is 122 Å². The van der Waals surface area contributed by atoms with E-state index in [1.807, 2.05) is 6.07 Å². The van der Waals surface area contributed by atoms with Crippen molar-refractivity contribution in [2.45, 2.75) is 30.7 Å². The number of hydrogen-bond acceptors (Lipinski definition) is 4. The number of halogens is 1. The molecule has 0 fully saturated rings. The molecule has 1 aromatic carbocycles. The molecule has 0 atom stereocenters. The molecular weight excluding hydrogens is 302 g/mol. The molecule has 6 nitrogen and oxygen atoms in total. The smallest absolute Gasteiger partial charge is 0.242 e. The van der Waals surface area contributed by atoms with Crippen molar-refractivity contribution in [3.63, 3.8) is 0 Å². The summed E-state index contributed by atoms with van der Waals surface area (Å²) >= 11 is 5.85. The topological polar surface area (TPSA) is 113 Å². The minimum absolute atomic E-state index is 0.00799. The fraction of sp³-hybridized carbons (Fsp3) is 0.333. The van der Waals surface area contributed by atoms with E-state index in [4.69, 9.17) is 22.6 Å². The summed E-state index contributed by atoms with van der Waals surface area (Å²) in [5, 5.41) is 8.79. The van der Waals surface area contributed by atoms with Crippen molar-refractivity contribution in [3.05, 3.63) is 28.8 Å². The predicted octanol–water partition coefficient (Wildman–Crippen LogP) is 1.14. The highest BCUT2D eigenvalue weighted by atomic mass is 35.5. The maximum absolute atomic E-state index is 12.3. The summed E-state index contributed by atoms with van der Waals surface area (Å²) < 4.78 is 26.9. The first kappa shape index (κ1) is 16.4. The molecular formula is C12H14ClN3O3S. The average Bonchev–Trinajstić information content (AvgIpc) is 2.25. The van der Waals surface area contributed by atoms with Crippen molar-refractivity contribution in [2.75, 3.05) is 0 Å². The number of hydrogen-bond donors (Lipinski definition) is 2. The molecule has 0 spiro atoms. The third-order valence-electron chi connectivity index (χ3n) is 2.38. The summed E-state index contributed by atoms with van der Waals surface area (Å²) in [6.07, 6.45) is -0.165. The second-order valence-corrected chi connectivity index (χ2v) is 6.95. The fourth-order valence-corrected chi connectivity index (χ4v) is 3.61. The third-order valence-corrected chi connectivity index (χ3v) is 4.56. The van der Waals surface area contributed by atoms with Gasteiger partial charge < -0.3 is 5.73 Å². The van der Waals surface area contributed by atoms with Gasteiger partial charge in [-0.3, -0.25) is 4.79 Å². The highest BCUT2D eigenvalue weighted by Gasteiger charge is 2.29. The van der Waals surface area contributed by atoms with Gasteiger partial charge in [0.25, 0.3) is 0 Å². The zero-order chi connectivity index (χ0) is 15.6. The number of amides is 1. The normalized spacial score (nSPS) is 11.9. The van der Waals surface area contributed by atoms with Gasteiger partial charge in [-0.05, 0) is 32.0 Å². The molecule has 0 aliphatic carbocycles. The number of carbonyl (C=O) groups excluding carboxylic acids is 1. The van der Waals surface area contributed by atoms with Gasteiger partial charge in [-0.2, -0.15) is 5.26 Å². The van der Waals surface area contributed by atoms with Gasteiger partial charge in [-0.1, -0.05) is 11.6 Å². The van der Waals surface area contributed by atoms with Crippen LogP contribution in [0, 0.1) is 11.3 Å². The quantitative estimate of drug-likeness (QED) is 0.848. The van der Waals surface area contributed by atoms with Gasteiger partial charge in [-0.15, -0.1) is 0 Å². The van der Waals surface area contributed by atoms with Crippen LogP contribution in [-0.4, -0.2) is 19.9 Å². The Balaban J connectivity index is 3.18. The van der Waals surface area contributed by atoms with Crippen LogP contribution in [0.15, 0.2) is 23.1 Å². The van der Waals surface area contributed by atoms with Crippen molar-refractivity contribution in [1.29, 1.82) is 5.26 Å². The SMILES string of the molecule is CC(C)(CC(N)=O)NS(=O)(=O)c1cc(C#N)ccc1Cl. The van der Waals surface area contributed by atoms with E-state index >= 15 is 0 Å². The van der Waals surface area contributed by atoms with E-state index in [-0.39, 0.29) is 21.9 Å². The second kappa shape index (κ2) is 5.79. The van der Waals surface area contributed by atoms with Gasteiger partial charge in [0, 0.05) is 12.0 Å². The van der Waals surface area contributed by atoms with Crippen LogP contribution in [-0.2, 0) is 14.8 Å². The number of nitrogens with zero attached hydrogens (tertiary/aromatic N) is 1. The Bertz CT molecular complexity index is 678. The number of nitrogens with one attached hydrogen (secondary N) is 1. The van der Waals surface area contributed by atoms with E-state index < -0.39 is 21.5 Å². The molecule has 0 bridgehead atoms. The van der Waals surface area contributed by atoms with Crippen molar-refractivity contribution < 1.29 is 13.2 Å². The van der Waals surface area contributed by atoms with Gasteiger partial charge >= 0.3 is 0 Å². The Morgan fingerprint density at radius 2 is 2.10 bits per heavy atom. The van der Waals surface area contributed by atoms with Crippen molar-refractivity contribution in [2.24, 2.45) is 5.73 Å². The molecule has 0 saturated carbocycles. The molecule has 1 amide bonds. The lowest BCUT2D eigenvalue weighted by molar-refractivity contribution is -0.119. The Morgan fingerprint density at radius 3 is 2.60 bits per heavy atom. The van der Waals surface area contributed by atoms with Gasteiger partial charge in [-0.25, -0.2) is 13.1 Å². The number of sulfonamides is 1. The molecule has 0 aromatic heterocycles. The summed E-state index contributed by atoms with van der Waals surface area (Å²) in [6.45, 7) is 3.05. The maximum Gasteiger partial charge on any atom is 0.242 e. The van der Waals surface area contributed by atoms with Crippen LogP contribution in [0.4, 0.5) is 0 Å². The molecule has 108 valence electrons. The first-order valence-electron chi connectivity index (χ1n) is 5.59. The van der Waals surface area contributed by atoms with Crippen LogP contribution in [0.5, 0.6) is 0 Å². The van der Waals surface area contributed by atoms with E-state index in [9.17, 15) is 13.2 Å². The van der Waals surface area contributed by atoms with E-state index in [0.29, 0.717) is 0 Å². The Hall–Kier alpha value is -1.62. The predicted molar refractivity (Wildman–Crippen MR) is 74.4 cm³/mol. The average molecular weight is 316 g/mol. The molecule has 20 heavy (non-hydrogen) atoms. The number of nitriles is 1. The van der Waals surface area contributed by atoms with Crippen LogP contribution in [0.2, 0.25) is 5.02 Å². The van der Waals surface area contributed by atoms with Crippen molar-refractivity contribution >= 4 is 27.5 Å². The zero-order valence-corrected chi connectivity index (χ0v) is 12.5. The lowest BCUT2D eigenvalue weighted by atomic mass is 10.0. The highest BCUT2D eigenvalue weighted by Crippen LogP contribution is 2.24. The standard InChI is InChI=1S/C12H14ClN3O3S/c1-12(2,6-11(15)17)16-20(18,19)10-5-8(7-14)3-4-9(10)13/h3-5,16H,6H2,1-2H3,(H2,15,17). The number of primary amides is 1. The number of carbonyl (C=O) groups is 1. The molecule has 0 aliphatic rings. The van der Waals surface area contributed by atoms with E-state index in [0.717, 1.165) is 0 Å². The van der Waals surface area contributed by atoms with Crippen LogP contribution in [0.3, 0.4) is 0 Å². The van der Waals surface area contributed by atoms with Crippen LogP contribution < -0.4 is 10.5 Å². The molecule has 1 rings (SSSR count). The Kier molecular flexibility index (Phi) is 4.76. The van der Waals surface area contributed by atoms with Gasteiger partial charge in [0.1, 0.15) is 4.90 Å². The molecule has 0 radical (unpaired) electrons. The molecule has 8 heteroatoms. The number of benzene rings is 1. The second-order valence-electron chi connectivity index (χ2n) is 4.89. The molecule has 1 aromatic rings. The van der Waals surface area contributed by atoms with E-state index in [1.54, 1.807) is 0 Å². The van der Waals surface area contributed by atoms with Crippen molar-refractivity contribution in [3.8, 4) is 6.07 Å². The first-order chi connectivity index (χ1) is 9.07. The summed E-state index contributed by atoms with van der Waals surface area (Å²) in [4.78, 5) is 10.7. The van der Waals surface area contributed by atoms with E-state index in [2.05, 4.69) is 4.72 Å². The Morgan fingerprint density at radius 1 is 1.50 bits per heavy atom. The minimum atomic E-state index is -3.97. The first-order valence-corrected chi connectivity index (χ1v) is 7.45. The maximum atomic E-state index is 12.3. The lowest BCUT2D eigenvalue weighted by Gasteiger charge is -2.24. The summed E-state index contributed by atoms with van der Waals surface area (Å²) in [5.74, 6) is -0.630. The van der Waals surface area contributed by atoms with E-state index in [1.165, 1.54) is 32.0 Å². The largest absolute Gasteiger partial charge is 0.370 e. The molecule has 0 aliphatic heterocycles. The van der Waals surface area contributed by atoms with Gasteiger partial charge in [0.2, 0.25) is 15.9 Å².